The minimum atomic E-state index is 0.103. The van der Waals surface area contributed by atoms with E-state index in [1.54, 1.807) is 6.08 Å². The molecule has 1 aliphatic heterocycles. The Balaban J connectivity index is 2.53. The maximum absolute atomic E-state index is 8.68. The van der Waals surface area contributed by atoms with Crippen LogP contribution in [0.4, 0.5) is 0 Å². The summed E-state index contributed by atoms with van der Waals surface area (Å²) < 4.78 is 5.99. The molecule has 1 aliphatic rings. The summed E-state index contributed by atoms with van der Waals surface area (Å²) in [5, 5.41) is 8.68. The summed E-state index contributed by atoms with van der Waals surface area (Å²) in [6, 6.07) is 0. The van der Waals surface area contributed by atoms with Gasteiger partial charge in [-0.25, -0.2) is 0 Å². The van der Waals surface area contributed by atoms with Gasteiger partial charge in [0.1, 0.15) is 0 Å². The molecule has 0 spiro atoms. The Morgan fingerprint density at radius 3 is 2.89 bits per heavy atom. The van der Waals surface area contributed by atoms with E-state index in [0.29, 0.717) is 0 Å². The van der Waals surface area contributed by atoms with Crippen molar-refractivity contribution in [1.29, 1.82) is 0 Å². The summed E-state index contributed by atoms with van der Waals surface area (Å²) in [6.45, 7) is 10.0. The van der Waals surface area contributed by atoms with Crippen molar-refractivity contribution < 1.29 is 9.84 Å². The highest BCUT2D eigenvalue weighted by Gasteiger charge is 2.22. The molecule has 0 aliphatic carbocycles. The van der Waals surface area contributed by atoms with Crippen LogP contribution in [0.15, 0.2) is 48.6 Å². The van der Waals surface area contributed by atoms with Crippen LogP contribution in [0, 0.1) is 0 Å². The average molecular weight is 248 g/mol. The quantitative estimate of drug-likeness (QED) is 0.728. The molecule has 0 unspecified atom stereocenters. The van der Waals surface area contributed by atoms with Gasteiger partial charge in [0.25, 0.3) is 0 Å². The number of rotatable bonds is 6. The number of hydrogen-bond donors (Lipinski definition) is 1. The van der Waals surface area contributed by atoms with Gasteiger partial charge in [0.05, 0.1) is 18.8 Å². The Hall–Kier alpha value is -1.12. The second kappa shape index (κ2) is 8.06. The molecule has 0 radical (unpaired) electrons. The first-order chi connectivity index (χ1) is 8.65. The van der Waals surface area contributed by atoms with Gasteiger partial charge in [-0.2, -0.15) is 0 Å². The second-order valence-corrected chi connectivity index (χ2v) is 4.85. The highest BCUT2D eigenvalue weighted by molar-refractivity contribution is 5.13. The molecule has 1 saturated heterocycles. The van der Waals surface area contributed by atoms with Crippen LogP contribution in [0.1, 0.15) is 32.6 Å². The molecule has 1 rings (SSSR count). The summed E-state index contributed by atoms with van der Waals surface area (Å²) in [7, 11) is 0. The van der Waals surface area contributed by atoms with Crippen molar-refractivity contribution in [1.82, 2.24) is 0 Å². The van der Waals surface area contributed by atoms with Crippen molar-refractivity contribution in [3.63, 3.8) is 0 Å². The van der Waals surface area contributed by atoms with Crippen LogP contribution >= 0.6 is 0 Å². The Bertz CT molecular complexity index is 339. The van der Waals surface area contributed by atoms with Crippen molar-refractivity contribution in [2.24, 2.45) is 0 Å². The Morgan fingerprint density at radius 1 is 1.44 bits per heavy atom. The minimum Gasteiger partial charge on any atom is -0.392 e. The molecule has 18 heavy (non-hydrogen) atoms. The van der Waals surface area contributed by atoms with Crippen LogP contribution < -0.4 is 0 Å². The molecule has 1 N–H and O–H groups in total. The Labute approximate surface area is 110 Å². The number of hydrogen-bond acceptors (Lipinski definition) is 2. The van der Waals surface area contributed by atoms with E-state index in [9.17, 15) is 0 Å². The van der Waals surface area contributed by atoms with Gasteiger partial charge in [0.15, 0.2) is 0 Å². The summed E-state index contributed by atoms with van der Waals surface area (Å²) in [4.78, 5) is 0. The normalized spacial score (nSPS) is 25.7. The standard InChI is InChI=1S/C16H24O2/c1-4-7-15-11-14(3)12-16(18-15)10-13(2)8-5-6-9-17/h4-6,10,15-17H,1,3,7-9,11-12H2,2H3/b6-5+,13-10+/t15-,16+/m0/s1. The van der Waals surface area contributed by atoms with Gasteiger partial charge in [0.2, 0.25) is 0 Å². The molecule has 0 aromatic carbocycles. The molecule has 0 bridgehead atoms. The number of aliphatic hydroxyl groups is 1. The Kier molecular flexibility index (Phi) is 6.69. The predicted octanol–water partition coefficient (Wildman–Crippen LogP) is 3.55. The molecule has 100 valence electrons. The lowest BCUT2D eigenvalue weighted by Gasteiger charge is -2.29. The smallest absolute Gasteiger partial charge is 0.0799 e. The van der Waals surface area contributed by atoms with E-state index >= 15 is 0 Å². The van der Waals surface area contributed by atoms with Gasteiger partial charge in [0, 0.05) is 0 Å². The third-order valence-corrected chi connectivity index (χ3v) is 2.99. The van der Waals surface area contributed by atoms with E-state index in [0.717, 1.165) is 25.7 Å². The summed E-state index contributed by atoms with van der Waals surface area (Å²) >= 11 is 0. The highest BCUT2D eigenvalue weighted by Crippen LogP contribution is 2.26. The average Bonchev–Trinajstić information content (AvgIpc) is 2.28. The van der Waals surface area contributed by atoms with Crippen LogP contribution in [0.5, 0.6) is 0 Å². The SMILES string of the molecule is C=CC[C@H]1CC(=C)C[C@@H](/C=C(\C)C/C=C/CO)O1. The van der Waals surface area contributed by atoms with Crippen LogP contribution in [-0.4, -0.2) is 23.9 Å². The second-order valence-electron chi connectivity index (χ2n) is 4.85. The van der Waals surface area contributed by atoms with Crippen molar-refractivity contribution in [3.05, 3.63) is 48.6 Å². The first-order valence-electron chi connectivity index (χ1n) is 6.51. The molecule has 0 amide bonds. The number of allylic oxidation sites excluding steroid dienone is 2. The summed E-state index contributed by atoms with van der Waals surface area (Å²) in [5.74, 6) is 0. The first-order valence-corrected chi connectivity index (χ1v) is 6.51. The van der Waals surface area contributed by atoms with Crippen molar-refractivity contribution in [2.75, 3.05) is 6.61 Å². The molecular formula is C16H24O2. The van der Waals surface area contributed by atoms with E-state index in [4.69, 9.17) is 9.84 Å². The van der Waals surface area contributed by atoms with E-state index in [-0.39, 0.29) is 18.8 Å². The molecule has 0 saturated carbocycles. The summed E-state index contributed by atoms with van der Waals surface area (Å²) in [6.07, 6.45) is 11.8. The lowest BCUT2D eigenvalue weighted by atomic mass is 9.96. The maximum atomic E-state index is 8.68. The molecule has 2 heteroatoms. The van der Waals surface area contributed by atoms with Crippen molar-refractivity contribution in [2.45, 2.75) is 44.8 Å². The van der Waals surface area contributed by atoms with Crippen LogP contribution in [-0.2, 0) is 4.74 Å². The van der Waals surface area contributed by atoms with E-state index in [1.807, 2.05) is 12.2 Å². The van der Waals surface area contributed by atoms with Gasteiger partial charge in [-0.3, -0.25) is 0 Å². The van der Waals surface area contributed by atoms with Gasteiger partial charge in [-0.15, -0.1) is 6.58 Å². The fourth-order valence-corrected chi connectivity index (χ4v) is 2.19. The lowest BCUT2D eigenvalue weighted by molar-refractivity contribution is -0.00390. The molecule has 1 heterocycles. The molecule has 2 atom stereocenters. The van der Waals surface area contributed by atoms with Gasteiger partial charge in [-0.05, 0) is 32.6 Å². The molecule has 1 fully saturated rings. The van der Waals surface area contributed by atoms with Crippen LogP contribution in [0.3, 0.4) is 0 Å². The zero-order valence-electron chi connectivity index (χ0n) is 11.3. The lowest BCUT2D eigenvalue weighted by Crippen LogP contribution is -2.27. The van der Waals surface area contributed by atoms with E-state index < -0.39 is 0 Å². The first kappa shape index (κ1) is 14.9. The number of aliphatic hydroxyl groups excluding tert-OH is 1. The van der Waals surface area contributed by atoms with Gasteiger partial charge < -0.3 is 9.84 Å². The molecule has 0 aromatic rings. The minimum absolute atomic E-state index is 0.103. The topological polar surface area (TPSA) is 29.5 Å². The third-order valence-electron chi connectivity index (χ3n) is 2.99. The zero-order valence-corrected chi connectivity index (χ0v) is 11.3. The van der Waals surface area contributed by atoms with Crippen LogP contribution in [0.25, 0.3) is 0 Å². The fraction of sp³-hybridized carbons (Fsp3) is 0.500. The summed E-state index contributed by atoms with van der Waals surface area (Å²) in [5.41, 5.74) is 2.52. The maximum Gasteiger partial charge on any atom is 0.0799 e. The zero-order chi connectivity index (χ0) is 13.4. The van der Waals surface area contributed by atoms with Gasteiger partial charge in [-0.1, -0.05) is 42.0 Å². The monoisotopic (exact) mass is 248 g/mol. The molecule has 0 aromatic heterocycles. The van der Waals surface area contributed by atoms with Crippen LogP contribution in [0.2, 0.25) is 0 Å². The predicted molar refractivity (Wildman–Crippen MR) is 76.4 cm³/mol. The van der Waals surface area contributed by atoms with E-state index in [1.165, 1.54) is 11.1 Å². The largest absolute Gasteiger partial charge is 0.392 e. The fourth-order valence-electron chi connectivity index (χ4n) is 2.19. The highest BCUT2D eigenvalue weighted by atomic mass is 16.5. The van der Waals surface area contributed by atoms with Crippen molar-refractivity contribution >= 4 is 0 Å². The number of ether oxygens (including phenoxy) is 1. The third kappa shape index (κ3) is 5.48. The Morgan fingerprint density at radius 2 is 2.22 bits per heavy atom. The molecular weight excluding hydrogens is 224 g/mol. The van der Waals surface area contributed by atoms with E-state index in [2.05, 4.69) is 26.2 Å². The van der Waals surface area contributed by atoms with Gasteiger partial charge >= 0.3 is 0 Å². The van der Waals surface area contributed by atoms with Crippen molar-refractivity contribution in [3.8, 4) is 0 Å². The molecule has 2 nitrogen and oxygen atoms in total.